The number of hydrogen-bond donors (Lipinski definition) is 0. The van der Waals surface area contributed by atoms with Crippen LogP contribution < -0.4 is 0 Å². The number of rotatable bonds is 7. The van der Waals surface area contributed by atoms with E-state index < -0.39 is 8.07 Å². The molecule has 2 nitrogen and oxygen atoms in total. The van der Waals surface area contributed by atoms with Crippen molar-refractivity contribution in [3.63, 3.8) is 0 Å². The maximum Gasteiger partial charge on any atom is 0.0764 e. The molecular formula is C22H34N2Si. The zero-order valence-corrected chi connectivity index (χ0v) is 17.8. The van der Waals surface area contributed by atoms with Crippen LogP contribution in [0.15, 0.2) is 59.8 Å². The Morgan fingerprint density at radius 3 is 2.28 bits per heavy atom. The van der Waals surface area contributed by atoms with E-state index in [0.717, 1.165) is 13.1 Å². The first-order valence-corrected chi connectivity index (χ1v) is 12.5. The summed E-state index contributed by atoms with van der Waals surface area (Å²) < 4.78 is 0. The van der Waals surface area contributed by atoms with Gasteiger partial charge in [0.15, 0.2) is 0 Å². The van der Waals surface area contributed by atoms with Gasteiger partial charge >= 0.3 is 0 Å². The van der Waals surface area contributed by atoms with Crippen molar-refractivity contribution < 1.29 is 0 Å². The van der Waals surface area contributed by atoms with Crippen LogP contribution in [0, 0.1) is 5.92 Å². The third-order valence-electron chi connectivity index (χ3n) is 4.54. The van der Waals surface area contributed by atoms with Gasteiger partial charge in [-0.1, -0.05) is 67.4 Å². The highest BCUT2D eigenvalue weighted by molar-refractivity contribution is 6.81. The quantitative estimate of drug-likeness (QED) is 0.673. The summed E-state index contributed by atoms with van der Waals surface area (Å²) >= 11 is 0. The summed E-state index contributed by atoms with van der Waals surface area (Å²) in [5.74, 6) is 0.517. The van der Waals surface area contributed by atoms with Gasteiger partial charge in [-0.05, 0) is 50.9 Å². The largest absolute Gasteiger partial charge is 0.308 e. The average molecular weight is 355 g/mol. The SMILES string of the molecule is CN(C)Cc1ccccc1C[Si](C)(C)/C=C1\C=CC=CC1CN(C)C. The highest BCUT2D eigenvalue weighted by atomic mass is 28.3. The Morgan fingerprint density at radius 1 is 0.960 bits per heavy atom. The Hall–Kier alpha value is -1.42. The number of benzene rings is 1. The van der Waals surface area contributed by atoms with Crippen molar-refractivity contribution >= 4 is 8.07 Å². The van der Waals surface area contributed by atoms with Crippen LogP contribution in [0.2, 0.25) is 13.1 Å². The molecule has 0 bridgehead atoms. The predicted molar refractivity (Wildman–Crippen MR) is 113 cm³/mol. The average Bonchev–Trinajstić information content (AvgIpc) is 2.50. The highest BCUT2D eigenvalue weighted by Gasteiger charge is 2.23. The molecule has 0 aromatic heterocycles. The van der Waals surface area contributed by atoms with Gasteiger partial charge in [0.2, 0.25) is 0 Å². The normalized spacial score (nSPS) is 19.4. The molecule has 3 heteroatoms. The fraction of sp³-hybridized carbons (Fsp3) is 0.455. The number of nitrogens with zero attached hydrogens (tertiary/aromatic N) is 2. The van der Waals surface area contributed by atoms with Gasteiger partial charge in [0, 0.05) is 19.0 Å². The van der Waals surface area contributed by atoms with E-state index in [0.29, 0.717) is 5.92 Å². The minimum absolute atomic E-state index is 0.517. The lowest BCUT2D eigenvalue weighted by Gasteiger charge is -2.26. The molecule has 1 unspecified atom stereocenters. The summed E-state index contributed by atoms with van der Waals surface area (Å²) in [6.07, 6.45) is 9.03. The van der Waals surface area contributed by atoms with Crippen molar-refractivity contribution in [1.82, 2.24) is 9.80 Å². The zero-order chi connectivity index (χ0) is 18.4. The molecule has 0 radical (unpaired) electrons. The lowest BCUT2D eigenvalue weighted by molar-refractivity contribution is 0.380. The van der Waals surface area contributed by atoms with E-state index in [1.165, 1.54) is 22.7 Å². The summed E-state index contributed by atoms with van der Waals surface area (Å²) in [5.41, 5.74) is 7.10. The number of allylic oxidation sites excluding steroid dienone is 3. The van der Waals surface area contributed by atoms with Crippen LogP contribution in [-0.4, -0.2) is 52.6 Å². The molecule has 136 valence electrons. The third kappa shape index (κ3) is 6.42. The molecule has 0 aliphatic heterocycles. The molecule has 0 amide bonds. The molecule has 1 aliphatic rings. The van der Waals surface area contributed by atoms with Crippen molar-refractivity contribution in [3.8, 4) is 0 Å². The fourth-order valence-electron chi connectivity index (χ4n) is 3.53. The molecule has 1 aliphatic carbocycles. The van der Waals surface area contributed by atoms with E-state index in [-0.39, 0.29) is 0 Å². The molecule has 0 N–H and O–H groups in total. The Kier molecular flexibility index (Phi) is 7.00. The van der Waals surface area contributed by atoms with Crippen LogP contribution in [0.5, 0.6) is 0 Å². The van der Waals surface area contributed by atoms with Gasteiger partial charge in [-0.15, -0.1) is 0 Å². The summed E-state index contributed by atoms with van der Waals surface area (Å²) in [5, 5.41) is 0. The second kappa shape index (κ2) is 8.79. The van der Waals surface area contributed by atoms with Crippen LogP contribution in [-0.2, 0) is 12.6 Å². The summed E-state index contributed by atoms with van der Waals surface area (Å²) in [6, 6.07) is 10.2. The van der Waals surface area contributed by atoms with Crippen LogP contribution >= 0.6 is 0 Å². The van der Waals surface area contributed by atoms with E-state index in [1.54, 1.807) is 0 Å². The lowest BCUT2D eigenvalue weighted by atomic mass is 9.95. The van der Waals surface area contributed by atoms with Crippen molar-refractivity contribution in [3.05, 3.63) is 71.0 Å². The van der Waals surface area contributed by atoms with Gasteiger partial charge in [-0.25, -0.2) is 0 Å². The second-order valence-electron chi connectivity index (χ2n) is 8.43. The molecule has 0 spiro atoms. The Balaban J connectivity index is 2.21. The van der Waals surface area contributed by atoms with Gasteiger partial charge in [-0.2, -0.15) is 0 Å². The molecular weight excluding hydrogens is 320 g/mol. The molecule has 0 saturated carbocycles. The van der Waals surface area contributed by atoms with E-state index in [2.05, 4.69) is 105 Å². The first-order chi connectivity index (χ1) is 11.8. The standard InChI is InChI=1S/C22H34N2Si/c1-23(2)15-19-11-7-9-13-21(19)17-25(5,6)18-22-14-10-8-12-20(22)16-24(3)4/h7-14,17,19H,15-16,18H2,1-6H3/b21-17+. The van der Waals surface area contributed by atoms with Crippen molar-refractivity contribution in [1.29, 1.82) is 0 Å². The molecule has 0 heterocycles. The van der Waals surface area contributed by atoms with Crippen molar-refractivity contribution in [2.75, 3.05) is 34.7 Å². The van der Waals surface area contributed by atoms with Gasteiger partial charge in [0.05, 0.1) is 8.07 Å². The first kappa shape index (κ1) is 19.9. The fourth-order valence-corrected chi connectivity index (χ4v) is 6.17. The molecule has 1 aromatic carbocycles. The van der Waals surface area contributed by atoms with Gasteiger partial charge in [0.25, 0.3) is 0 Å². The predicted octanol–water partition coefficient (Wildman–Crippen LogP) is 4.31. The first-order valence-electron chi connectivity index (χ1n) is 9.21. The summed E-state index contributed by atoms with van der Waals surface area (Å²) in [7, 11) is 7.11. The maximum atomic E-state index is 2.62. The van der Waals surface area contributed by atoms with Crippen LogP contribution in [0.4, 0.5) is 0 Å². The maximum absolute atomic E-state index is 2.62. The van der Waals surface area contributed by atoms with Crippen molar-refractivity contribution in [2.45, 2.75) is 25.7 Å². The molecule has 25 heavy (non-hydrogen) atoms. The van der Waals surface area contributed by atoms with Gasteiger partial charge in [-0.3, -0.25) is 0 Å². The Bertz CT molecular complexity index is 654. The minimum Gasteiger partial charge on any atom is -0.308 e. The van der Waals surface area contributed by atoms with Crippen LogP contribution in [0.3, 0.4) is 0 Å². The molecule has 2 rings (SSSR count). The monoisotopic (exact) mass is 354 g/mol. The smallest absolute Gasteiger partial charge is 0.0764 e. The summed E-state index contributed by atoms with van der Waals surface area (Å²) in [4.78, 5) is 4.54. The summed E-state index contributed by atoms with van der Waals surface area (Å²) in [6.45, 7) is 7.08. The molecule has 1 atom stereocenters. The molecule has 0 saturated heterocycles. The molecule has 0 fully saturated rings. The minimum atomic E-state index is -1.49. The Morgan fingerprint density at radius 2 is 1.64 bits per heavy atom. The third-order valence-corrected chi connectivity index (χ3v) is 6.95. The van der Waals surface area contributed by atoms with Crippen LogP contribution in [0.1, 0.15) is 11.1 Å². The van der Waals surface area contributed by atoms with E-state index >= 15 is 0 Å². The van der Waals surface area contributed by atoms with E-state index in [1.807, 2.05) is 0 Å². The zero-order valence-electron chi connectivity index (χ0n) is 16.8. The van der Waals surface area contributed by atoms with Gasteiger partial charge < -0.3 is 9.80 Å². The lowest BCUT2D eigenvalue weighted by Crippen LogP contribution is -2.30. The topological polar surface area (TPSA) is 6.48 Å². The van der Waals surface area contributed by atoms with E-state index in [9.17, 15) is 0 Å². The van der Waals surface area contributed by atoms with Crippen LogP contribution in [0.25, 0.3) is 0 Å². The number of hydrogen-bond acceptors (Lipinski definition) is 2. The van der Waals surface area contributed by atoms with Crippen molar-refractivity contribution in [2.24, 2.45) is 5.92 Å². The Labute approximate surface area is 155 Å². The van der Waals surface area contributed by atoms with E-state index in [4.69, 9.17) is 0 Å². The highest BCUT2D eigenvalue weighted by Crippen LogP contribution is 2.25. The molecule has 1 aromatic rings. The van der Waals surface area contributed by atoms with Gasteiger partial charge in [0.1, 0.15) is 0 Å². The second-order valence-corrected chi connectivity index (χ2v) is 13.0.